The second kappa shape index (κ2) is 7.77. The van der Waals surface area contributed by atoms with E-state index in [9.17, 15) is 0 Å². The minimum Gasteiger partial charge on any atom is -0.328 e. The van der Waals surface area contributed by atoms with Gasteiger partial charge < -0.3 is 10.6 Å². The van der Waals surface area contributed by atoms with Crippen LogP contribution in [0, 0.1) is 0 Å². The molecule has 0 radical (unpaired) electrons. The second-order valence-electron chi connectivity index (χ2n) is 6.06. The number of nitrogens with two attached hydrogens (primary N) is 1. The molecule has 1 aromatic carbocycles. The van der Waals surface area contributed by atoms with E-state index in [1.165, 1.54) is 12.0 Å². The summed E-state index contributed by atoms with van der Waals surface area (Å²) in [5.41, 5.74) is 7.61. The predicted molar refractivity (Wildman–Crippen MR) is 85.8 cm³/mol. The summed E-state index contributed by atoms with van der Waals surface area (Å²) in [4.78, 5) is 5.05. The predicted octanol–water partition coefficient (Wildman–Crippen LogP) is 2.49. The van der Waals surface area contributed by atoms with Crippen molar-refractivity contribution in [2.45, 2.75) is 38.3 Å². The Kier molecular flexibility index (Phi) is 6.02. The van der Waals surface area contributed by atoms with E-state index in [-0.39, 0.29) is 0 Å². The fourth-order valence-electron chi connectivity index (χ4n) is 3.06. The molecule has 1 saturated heterocycles. The third-order valence-corrected chi connectivity index (χ3v) is 4.33. The van der Waals surface area contributed by atoms with Crippen LogP contribution in [-0.2, 0) is 0 Å². The van der Waals surface area contributed by atoms with Crippen LogP contribution in [0.1, 0.15) is 37.8 Å². The maximum atomic E-state index is 6.18. The molecule has 0 aliphatic carbocycles. The largest absolute Gasteiger partial charge is 0.328 e. The van der Waals surface area contributed by atoms with Crippen molar-refractivity contribution in [2.24, 2.45) is 5.73 Å². The summed E-state index contributed by atoms with van der Waals surface area (Å²) in [6.07, 6.45) is 3.44. The van der Waals surface area contributed by atoms with Gasteiger partial charge >= 0.3 is 0 Å². The first-order valence-electron chi connectivity index (χ1n) is 7.93. The highest BCUT2D eigenvalue weighted by Crippen LogP contribution is 2.25. The van der Waals surface area contributed by atoms with Crippen molar-refractivity contribution in [2.75, 3.05) is 33.2 Å². The highest BCUT2D eigenvalue weighted by atomic mass is 15.3. The lowest BCUT2D eigenvalue weighted by atomic mass is 10.0. The molecule has 2 unspecified atom stereocenters. The van der Waals surface area contributed by atoms with Gasteiger partial charge in [-0.25, -0.2) is 0 Å². The van der Waals surface area contributed by atoms with Gasteiger partial charge in [-0.15, -0.1) is 0 Å². The van der Waals surface area contributed by atoms with Crippen LogP contribution >= 0.6 is 0 Å². The molecule has 3 heteroatoms. The fraction of sp³-hybridized carbons (Fsp3) is 0.647. The van der Waals surface area contributed by atoms with Crippen molar-refractivity contribution >= 4 is 0 Å². The second-order valence-corrected chi connectivity index (χ2v) is 6.06. The molecule has 112 valence electrons. The van der Waals surface area contributed by atoms with Crippen LogP contribution in [0.3, 0.4) is 0 Å². The molecular weight excluding hydrogens is 246 g/mol. The van der Waals surface area contributed by atoms with Crippen LogP contribution in [0.5, 0.6) is 0 Å². The van der Waals surface area contributed by atoms with Crippen molar-refractivity contribution in [1.82, 2.24) is 9.80 Å². The number of hydrogen-bond donors (Lipinski definition) is 1. The first-order valence-corrected chi connectivity index (χ1v) is 7.93. The lowest BCUT2D eigenvalue weighted by Gasteiger charge is -2.40. The van der Waals surface area contributed by atoms with E-state index in [0.29, 0.717) is 12.1 Å². The molecule has 0 aromatic heterocycles. The van der Waals surface area contributed by atoms with E-state index in [1.54, 1.807) is 0 Å². The average molecular weight is 275 g/mol. The summed E-state index contributed by atoms with van der Waals surface area (Å²) >= 11 is 0. The van der Waals surface area contributed by atoms with E-state index >= 15 is 0 Å². The maximum absolute atomic E-state index is 6.18. The summed E-state index contributed by atoms with van der Waals surface area (Å²) in [5, 5.41) is 0. The molecule has 0 bridgehead atoms. The van der Waals surface area contributed by atoms with Crippen molar-refractivity contribution in [3.05, 3.63) is 35.9 Å². The molecule has 3 nitrogen and oxygen atoms in total. The van der Waals surface area contributed by atoms with Crippen LogP contribution < -0.4 is 5.73 Å². The number of rotatable bonds is 6. The zero-order chi connectivity index (χ0) is 14.4. The normalized spacial score (nSPS) is 22.9. The van der Waals surface area contributed by atoms with Gasteiger partial charge in [0, 0.05) is 38.3 Å². The monoisotopic (exact) mass is 275 g/mol. The Morgan fingerprint density at radius 3 is 2.65 bits per heavy atom. The van der Waals surface area contributed by atoms with E-state index < -0.39 is 0 Å². The van der Waals surface area contributed by atoms with Crippen LogP contribution in [0.25, 0.3) is 0 Å². The number of benzene rings is 1. The van der Waals surface area contributed by atoms with Crippen LogP contribution in [0.15, 0.2) is 30.3 Å². The molecule has 0 amide bonds. The van der Waals surface area contributed by atoms with Crippen LogP contribution in [0.2, 0.25) is 0 Å². The Balaban J connectivity index is 1.98. The van der Waals surface area contributed by atoms with Gasteiger partial charge in [-0.2, -0.15) is 0 Å². The van der Waals surface area contributed by atoms with Crippen LogP contribution in [0.4, 0.5) is 0 Å². The van der Waals surface area contributed by atoms with Gasteiger partial charge in [0.2, 0.25) is 0 Å². The number of piperazine rings is 1. The molecule has 0 spiro atoms. The molecule has 20 heavy (non-hydrogen) atoms. The number of nitrogens with zero attached hydrogens (tertiary/aromatic N) is 2. The molecular formula is C17H29N3. The molecule has 1 aliphatic rings. The van der Waals surface area contributed by atoms with E-state index in [1.807, 2.05) is 0 Å². The number of hydrogen-bond acceptors (Lipinski definition) is 3. The first-order chi connectivity index (χ1) is 9.70. The molecule has 2 N–H and O–H groups in total. The standard InChI is InChI=1S/C17H29N3/c1-3-7-16(18)10-11-20-13-12-19(2)14-17(20)15-8-5-4-6-9-15/h4-6,8-9,16-17H,3,7,10-14,18H2,1-2H3. The van der Waals surface area contributed by atoms with Gasteiger partial charge in [0.1, 0.15) is 0 Å². The molecule has 1 heterocycles. The van der Waals surface area contributed by atoms with Crippen molar-refractivity contribution < 1.29 is 0 Å². The number of likely N-dealkylation sites (N-methyl/N-ethyl adjacent to an activating group) is 1. The minimum absolute atomic E-state index is 0.357. The summed E-state index contributed by atoms with van der Waals surface area (Å²) < 4.78 is 0. The minimum atomic E-state index is 0.357. The Morgan fingerprint density at radius 2 is 1.95 bits per heavy atom. The average Bonchev–Trinajstić information content (AvgIpc) is 2.47. The summed E-state index contributed by atoms with van der Waals surface area (Å²) in [6.45, 7) is 6.76. The summed E-state index contributed by atoms with van der Waals surface area (Å²) in [5.74, 6) is 0. The summed E-state index contributed by atoms with van der Waals surface area (Å²) in [6, 6.07) is 11.8. The Hall–Kier alpha value is -0.900. The Labute approximate surface area is 123 Å². The summed E-state index contributed by atoms with van der Waals surface area (Å²) in [7, 11) is 2.22. The zero-order valence-corrected chi connectivity index (χ0v) is 13.0. The Bertz CT molecular complexity index is 379. The fourth-order valence-corrected chi connectivity index (χ4v) is 3.06. The molecule has 1 aromatic rings. The molecule has 1 fully saturated rings. The first kappa shape index (κ1) is 15.5. The van der Waals surface area contributed by atoms with Crippen molar-refractivity contribution in [3.8, 4) is 0 Å². The molecule has 0 saturated carbocycles. The molecule has 2 atom stereocenters. The molecule has 2 rings (SSSR count). The maximum Gasteiger partial charge on any atom is 0.0475 e. The van der Waals surface area contributed by atoms with Gasteiger partial charge in [0.25, 0.3) is 0 Å². The highest BCUT2D eigenvalue weighted by molar-refractivity contribution is 5.20. The third kappa shape index (κ3) is 4.30. The van der Waals surface area contributed by atoms with Crippen LogP contribution in [-0.4, -0.2) is 49.1 Å². The molecule has 1 aliphatic heterocycles. The lowest BCUT2D eigenvalue weighted by molar-refractivity contribution is 0.0868. The third-order valence-electron chi connectivity index (χ3n) is 4.33. The van der Waals surface area contributed by atoms with Gasteiger partial charge in [-0.05, 0) is 25.5 Å². The van der Waals surface area contributed by atoms with E-state index in [2.05, 4.69) is 54.1 Å². The smallest absolute Gasteiger partial charge is 0.0475 e. The van der Waals surface area contributed by atoms with Crippen molar-refractivity contribution in [3.63, 3.8) is 0 Å². The highest BCUT2D eigenvalue weighted by Gasteiger charge is 2.26. The Morgan fingerprint density at radius 1 is 1.20 bits per heavy atom. The van der Waals surface area contributed by atoms with Crippen molar-refractivity contribution in [1.29, 1.82) is 0 Å². The van der Waals surface area contributed by atoms with Gasteiger partial charge in [0.05, 0.1) is 0 Å². The van der Waals surface area contributed by atoms with E-state index in [0.717, 1.165) is 39.0 Å². The SMILES string of the molecule is CCCC(N)CCN1CCN(C)CC1c1ccccc1. The zero-order valence-electron chi connectivity index (χ0n) is 13.0. The van der Waals surface area contributed by atoms with Gasteiger partial charge in [0.15, 0.2) is 0 Å². The van der Waals surface area contributed by atoms with E-state index in [4.69, 9.17) is 5.73 Å². The quantitative estimate of drug-likeness (QED) is 0.866. The van der Waals surface area contributed by atoms with Gasteiger partial charge in [-0.3, -0.25) is 4.90 Å². The van der Waals surface area contributed by atoms with Gasteiger partial charge in [-0.1, -0.05) is 43.7 Å². The lowest BCUT2D eigenvalue weighted by Crippen LogP contribution is -2.47. The topological polar surface area (TPSA) is 32.5 Å².